The Morgan fingerprint density at radius 1 is 1.21 bits per heavy atom. The fraction of sp³-hybridized carbons (Fsp3) is 0.650. The largest absolute Gasteiger partial charge is 0.470 e. The summed E-state index contributed by atoms with van der Waals surface area (Å²) in [6.07, 6.45) is 6.24. The van der Waals surface area contributed by atoms with Crippen LogP contribution in [0.1, 0.15) is 37.8 Å². The summed E-state index contributed by atoms with van der Waals surface area (Å²) in [5, 5.41) is 9.15. The van der Waals surface area contributed by atoms with Gasteiger partial charge in [-0.15, -0.1) is 0 Å². The molecule has 0 spiro atoms. The molecular formula is C20H25N5O4. The third kappa shape index (κ3) is 4.32. The van der Waals surface area contributed by atoms with Crippen LogP contribution >= 0.6 is 0 Å². The molecule has 0 aromatic carbocycles. The van der Waals surface area contributed by atoms with Gasteiger partial charge in [-0.3, -0.25) is 9.59 Å². The molecule has 3 aliphatic rings. The van der Waals surface area contributed by atoms with E-state index in [0.29, 0.717) is 32.8 Å². The molecule has 9 heteroatoms. The molecule has 2 atom stereocenters. The predicted molar refractivity (Wildman–Crippen MR) is 101 cm³/mol. The second-order valence-corrected chi connectivity index (χ2v) is 7.78. The molecule has 29 heavy (non-hydrogen) atoms. The first-order valence-corrected chi connectivity index (χ1v) is 10.2. The smallest absolute Gasteiger partial charge is 0.251 e. The number of hydrogen-bond donors (Lipinski definition) is 0. The molecule has 4 heterocycles. The topological polar surface area (TPSA) is 109 Å². The fourth-order valence-corrected chi connectivity index (χ4v) is 4.39. The Labute approximate surface area is 169 Å². The number of amides is 2. The minimum Gasteiger partial charge on any atom is -0.470 e. The van der Waals surface area contributed by atoms with Crippen molar-refractivity contribution in [3.05, 3.63) is 18.1 Å². The van der Waals surface area contributed by atoms with Gasteiger partial charge in [-0.25, -0.2) is 9.97 Å². The summed E-state index contributed by atoms with van der Waals surface area (Å²) >= 11 is 0. The number of hydrogen-bond acceptors (Lipinski definition) is 7. The van der Waals surface area contributed by atoms with Crippen molar-refractivity contribution in [2.45, 2.75) is 44.2 Å². The van der Waals surface area contributed by atoms with Crippen LogP contribution in [0.25, 0.3) is 0 Å². The van der Waals surface area contributed by atoms with Crippen molar-refractivity contribution < 1.29 is 19.1 Å². The van der Waals surface area contributed by atoms with Gasteiger partial charge in [0.05, 0.1) is 12.5 Å². The molecule has 3 aliphatic heterocycles. The zero-order valence-electron chi connectivity index (χ0n) is 16.3. The standard InChI is InChI=1S/C20H25N5O4/c21-11-17-19(23-6-5-22-17)29-16-2-1-7-24(13-16)20(27)14-10-18(26)25(12-14)15-3-8-28-9-4-15/h5-6,14-16H,1-4,7-10,12-13H2/t14-,16+/m1/s1. The zero-order chi connectivity index (χ0) is 20.2. The normalized spacial score (nSPS) is 25.7. The van der Waals surface area contributed by atoms with E-state index in [0.717, 1.165) is 25.7 Å². The Bertz CT molecular complexity index is 804. The highest BCUT2D eigenvalue weighted by molar-refractivity contribution is 5.89. The van der Waals surface area contributed by atoms with Crippen LogP contribution in [0.3, 0.4) is 0 Å². The molecule has 1 aromatic heterocycles. The summed E-state index contributed by atoms with van der Waals surface area (Å²) in [7, 11) is 0. The third-order valence-electron chi connectivity index (χ3n) is 5.88. The number of likely N-dealkylation sites (tertiary alicyclic amines) is 2. The summed E-state index contributed by atoms with van der Waals surface area (Å²) in [6, 6.07) is 2.16. The van der Waals surface area contributed by atoms with Crippen LogP contribution in [0.15, 0.2) is 12.4 Å². The van der Waals surface area contributed by atoms with Crippen LogP contribution in [-0.2, 0) is 14.3 Å². The van der Waals surface area contributed by atoms with Crippen LogP contribution in [0.5, 0.6) is 5.88 Å². The van der Waals surface area contributed by atoms with Crippen molar-refractivity contribution in [1.29, 1.82) is 5.26 Å². The van der Waals surface area contributed by atoms with E-state index < -0.39 is 0 Å². The van der Waals surface area contributed by atoms with Gasteiger partial charge in [0.15, 0.2) is 0 Å². The molecule has 2 amide bonds. The number of piperidine rings is 1. The van der Waals surface area contributed by atoms with E-state index in [9.17, 15) is 9.59 Å². The molecule has 154 valence electrons. The average Bonchev–Trinajstić information content (AvgIpc) is 3.16. The second-order valence-electron chi connectivity index (χ2n) is 7.78. The Kier molecular flexibility index (Phi) is 5.90. The Morgan fingerprint density at radius 2 is 2.00 bits per heavy atom. The number of rotatable bonds is 4. The monoisotopic (exact) mass is 399 g/mol. The molecule has 1 aromatic rings. The van der Waals surface area contributed by atoms with E-state index in [4.69, 9.17) is 14.7 Å². The highest BCUT2D eigenvalue weighted by Gasteiger charge is 2.40. The molecule has 0 radical (unpaired) electrons. The quantitative estimate of drug-likeness (QED) is 0.735. The van der Waals surface area contributed by atoms with Gasteiger partial charge in [0.1, 0.15) is 12.2 Å². The first-order chi connectivity index (χ1) is 14.2. The first-order valence-electron chi connectivity index (χ1n) is 10.2. The summed E-state index contributed by atoms with van der Waals surface area (Å²) in [4.78, 5) is 37.3. The maximum Gasteiger partial charge on any atom is 0.251 e. The van der Waals surface area contributed by atoms with E-state index in [1.54, 1.807) is 4.90 Å². The van der Waals surface area contributed by atoms with Crippen molar-refractivity contribution >= 4 is 11.8 Å². The maximum atomic E-state index is 13.1. The minimum atomic E-state index is -0.296. The summed E-state index contributed by atoms with van der Waals surface area (Å²) in [5.41, 5.74) is 0.143. The summed E-state index contributed by atoms with van der Waals surface area (Å²) in [5.74, 6) is -0.00883. The average molecular weight is 399 g/mol. The van der Waals surface area contributed by atoms with E-state index in [1.165, 1.54) is 12.4 Å². The van der Waals surface area contributed by atoms with Gasteiger partial charge in [0.25, 0.3) is 5.88 Å². The van der Waals surface area contributed by atoms with Crippen molar-refractivity contribution in [3.63, 3.8) is 0 Å². The Morgan fingerprint density at radius 3 is 2.79 bits per heavy atom. The number of ether oxygens (including phenoxy) is 2. The molecular weight excluding hydrogens is 374 g/mol. The molecule has 4 rings (SSSR count). The predicted octanol–water partition coefficient (Wildman–Crippen LogP) is 0.746. The highest BCUT2D eigenvalue weighted by Crippen LogP contribution is 2.27. The number of nitrogens with zero attached hydrogens (tertiary/aromatic N) is 5. The van der Waals surface area contributed by atoms with Crippen molar-refractivity contribution in [1.82, 2.24) is 19.8 Å². The van der Waals surface area contributed by atoms with Crippen molar-refractivity contribution in [2.24, 2.45) is 5.92 Å². The Hall–Kier alpha value is -2.73. The Balaban J connectivity index is 1.36. The van der Waals surface area contributed by atoms with Crippen LogP contribution in [0, 0.1) is 17.2 Å². The lowest BCUT2D eigenvalue weighted by molar-refractivity contribution is -0.138. The van der Waals surface area contributed by atoms with Gasteiger partial charge in [-0.1, -0.05) is 0 Å². The second kappa shape index (κ2) is 8.74. The lowest BCUT2D eigenvalue weighted by Gasteiger charge is -2.34. The number of aromatic nitrogens is 2. The highest BCUT2D eigenvalue weighted by atomic mass is 16.5. The maximum absolute atomic E-state index is 13.1. The lowest BCUT2D eigenvalue weighted by Crippen LogP contribution is -2.47. The fourth-order valence-electron chi connectivity index (χ4n) is 4.39. The van der Waals surface area contributed by atoms with Crippen molar-refractivity contribution in [2.75, 3.05) is 32.8 Å². The van der Waals surface area contributed by atoms with Gasteiger partial charge in [0.2, 0.25) is 17.5 Å². The van der Waals surface area contributed by atoms with E-state index >= 15 is 0 Å². The van der Waals surface area contributed by atoms with Crippen LogP contribution in [0.2, 0.25) is 0 Å². The number of carbonyl (C=O) groups is 2. The minimum absolute atomic E-state index is 0.0147. The van der Waals surface area contributed by atoms with Crippen LogP contribution < -0.4 is 4.74 Å². The number of nitriles is 1. The SMILES string of the molecule is N#Cc1nccnc1O[C@H]1CCCN(C(=O)[C@@H]2CC(=O)N(C3CCOCC3)C2)C1. The van der Waals surface area contributed by atoms with Gasteiger partial charge in [-0.05, 0) is 25.7 Å². The summed E-state index contributed by atoms with van der Waals surface area (Å²) in [6.45, 7) is 2.93. The molecule has 0 aliphatic carbocycles. The lowest BCUT2D eigenvalue weighted by atomic mass is 10.0. The molecule has 0 bridgehead atoms. The first kappa shape index (κ1) is 19.6. The summed E-state index contributed by atoms with van der Waals surface area (Å²) < 4.78 is 11.3. The van der Waals surface area contributed by atoms with E-state index in [1.807, 2.05) is 11.0 Å². The van der Waals surface area contributed by atoms with Gasteiger partial charge < -0.3 is 19.3 Å². The molecule has 0 unspecified atom stereocenters. The van der Waals surface area contributed by atoms with E-state index in [2.05, 4.69) is 9.97 Å². The van der Waals surface area contributed by atoms with Gasteiger partial charge >= 0.3 is 0 Å². The van der Waals surface area contributed by atoms with E-state index in [-0.39, 0.29) is 47.9 Å². The van der Waals surface area contributed by atoms with Gasteiger partial charge in [-0.2, -0.15) is 5.26 Å². The zero-order valence-corrected chi connectivity index (χ0v) is 16.3. The molecule has 0 saturated carbocycles. The number of carbonyl (C=O) groups excluding carboxylic acids is 2. The molecule has 0 N–H and O–H groups in total. The van der Waals surface area contributed by atoms with Crippen molar-refractivity contribution in [3.8, 4) is 11.9 Å². The molecule has 9 nitrogen and oxygen atoms in total. The van der Waals surface area contributed by atoms with Crippen LogP contribution in [-0.4, -0.2) is 76.6 Å². The van der Waals surface area contributed by atoms with Crippen LogP contribution in [0.4, 0.5) is 0 Å². The molecule has 3 fully saturated rings. The van der Waals surface area contributed by atoms with Gasteiger partial charge in [0, 0.05) is 51.2 Å². The third-order valence-corrected chi connectivity index (χ3v) is 5.88. The molecule has 3 saturated heterocycles.